The van der Waals surface area contributed by atoms with Crippen LogP contribution < -0.4 is 0 Å². The van der Waals surface area contributed by atoms with Crippen LogP contribution in [-0.2, 0) is 6.42 Å². The molecule has 2 heterocycles. The van der Waals surface area contributed by atoms with Gasteiger partial charge in [0.25, 0.3) is 0 Å². The minimum Gasteiger partial charge on any atom is -0.353 e. The normalized spacial score (nSPS) is 13.1. The molecule has 0 amide bonds. The molecule has 0 fully saturated rings. The summed E-state index contributed by atoms with van der Waals surface area (Å²) in [6.45, 7) is 2.13. The van der Waals surface area contributed by atoms with Gasteiger partial charge in [-0.15, -0.1) is 0 Å². The lowest BCUT2D eigenvalue weighted by Gasteiger charge is -2.07. The van der Waals surface area contributed by atoms with E-state index in [0.29, 0.717) is 0 Å². The maximum absolute atomic E-state index is 5.07. The van der Waals surface area contributed by atoms with Crippen LogP contribution in [0.3, 0.4) is 0 Å². The first-order chi connectivity index (χ1) is 12.3. The van der Waals surface area contributed by atoms with Crippen LogP contribution in [0, 0.1) is 6.92 Å². The van der Waals surface area contributed by atoms with Crippen molar-refractivity contribution in [3.63, 3.8) is 0 Å². The summed E-state index contributed by atoms with van der Waals surface area (Å²) < 4.78 is 0. The van der Waals surface area contributed by atoms with E-state index in [1.807, 2.05) is 0 Å². The van der Waals surface area contributed by atoms with Gasteiger partial charge in [0.15, 0.2) is 0 Å². The van der Waals surface area contributed by atoms with Crippen molar-refractivity contribution in [1.29, 1.82) is 0 Å². The molecule has 1 aromatic heterocycles. The lowest BCUT2D eigenvalue weighted by atomic mass is 9.98. The Balaban J connectivity index is 1.85. The van der Waals surface area contributed by atoms with E-state index < -0.39 is 0 Å². The van der Waals surface area contributed by atoms with Gasteiger partial charge in [0.05, 0.1) is 17.1 Å². The highest BCUT2D eigenvalue weighted by Crippen LogP contribution is 2.34. The molecule has 4 aromatic rings. The molecule has 2 nitrogen and oxygen atoms in total. The maximum atomic E-state index is 5.07. The summed E-state index contributed by atoms with van der Waals surface area (Å²) in [4.78, 5) is 8.70. The Labute approximate surface area is 146 Å². The summed E-state index contributed by atoms with van der Waals surface area (Å²) in [5.41, 5.74) is 9.42. The van der Waals surface area contributed by atoms with Crippen LogP contribution in [-0.4, -0.2) is 10.7 Å². The molecule has 1 N–H and O–H groups in total. The second-order valence-electron chi connectivity index (χ2n) is 6.66. The lowest BCUT2D eigenvalue weighted by molar-refractivity contribution is 1.21. The summed E-state index contributed by atoms with van der Waals surface area (Å²) in [6.07, 6.45) is 0.897. The first kappa shape index (κ1) is 14.2. The van der Waals surface area contributed by atoms with E-state index in [-0.39, 0.29) is 0 Å². The van der Waals surface area contributed by atoms with E-state index in [1.165, 1.54) is 27.6 Å². The molecule has 1 aliphatic rings. The zero-order chi connectivity index (χ0) is 16.8. The topological polar surface area (TPSA) is 28.1 Å². The number of aliphatic imine (C=N–C) groups is 1. The second-order valence-corrected chi connectivity index (χ2v) is 6.66. The lowest BCUT2D eigenvalue weighted by Crippen LogP contribution is -2.05. The second kappa shape index (κ2) is 5.45. The first-order valence-electron chi connectivity index (χ1n) is 8.63. The summed E-state index contributed by atoms with van der Waals surface area (Å²) in [5, 5.41) is 1.29. The Morgan fingerprint density at radius 3 is 2.64 bits per heavy atom. The molecule has 25 heavy (non-hydrogen) atoms. The van der Waals surface area contributed by atoms with Crippen molar-refractivity contribution in [3.8, 4) is 0 Å². The van der Waals surface area contributed by atoms with Crippen molar-refractivity contribution in [1.82, 2.24) is 4.98 Å². The van der Waals surface area contributed by atoms with Crippen molar-refractivity contribution in [2.75, 3.05) is 0 Å². The fourth-order valence-corrected chi connectivity index (χ4v) is 3.72. The van der Waals surface area contributed by atoms with E-state index >= 15 is 0 Å². The third-order valence-corrected chi connectivity index (χ3v) is 4.93. The molecule has 0 saturated carbocycles. The number of nitrogens with zero attached hydrogens (tertiary/aromatic N) is 1. The predicted octanol–water partition coefficient (Wildman–Crippen LogP) is 5.55. The molecule has 0 saturated heterocycles. The van der Waals surface area contributed by atoms with Crippen LogP contribution in [0.4, 0.5) is 5.69 Å². The third kappa shape index (κ3) is 2.30. The SMILES string of the molecule is Cc1cccc(C2=Nc3ccccc3Cc3c2[nH]c2ccccc32)c1. The van der Waals surface area contributed by atoms with Crippen LogP contribution in [0.5, 0.6) is 0 Å². The van der Waals surface area contributed by atoms with Gasteiger partial charge >= 0.3 is 0 Å². The highest BCUT2D eigenvalue weighted by Gasteiger charge is 2.22. The average Bonchev–Trinajstić information content (AvgIpc) is 2.90. The number of rotatable bonds is 1. The van der Waals surface area contributed by atoms with Crippen molar-refractivity contribution in [2.24, 2.45) is 4.99 Å². The Bertz CT molecular complexity index is 1130. The van der Waals surface area contributed by atoms with Crippen LogP contribution in [0.2, 0.25) is 0 Å². The van der Waals surface area contributed by atoms with Crippen molar-refractivity contribution in [2.45, 2.75) is 13.3 Å². The number of para-hydroxylation sites is 2. The molecule has 0 bridgehead atoms. The number of fused-ring (bicyclic) bond motifs is 4. The summed E-state index contributed by atoms with van der Waals surface area (Å²) in [7, 11) is 0. The molecule has 1 aliphatic heterocycles. The molecule has 3 aromatic carbocycles. The molecule has 0 atom stereocenters. The number of hydrogen-bond acceptors (Lipinski definition) is 1. The molecule has 2 heteroatoms. The smallest absolute Gasteiger partial charge is 0.0947 e. The molecule has 0 aliphatic carbocycles. The molecule has 5 rings (SSSR count). The monoisotopic (exact) mass is 322 g/mol. The van der Waals surface area contributed by atoms with Crippen LogP contribution in [0.1, 0.15) is 27.9 Å². The maximum Gasteiger partial charge on any atom is 0.0947 e. The van der Waals surface area contributed by atoms with Gasteiger partial charge in [-0.1, -0.05) is 60.2 Å². The van der Waals surface area contributed by atoms with Gasteiger partial charge in [-0.05, 0) is 36.2 Å². The van der Waals surface area contributed by atoms with Crippen molar-refractivity contribution >= 4 is 22.3 Å². The van der Waals surface area contributed by atoms with Gasteiger partial charge < -0.3 is 4.98 Å². The minimum atomic E-state index is 0.897. The van der Waals surface area contributed by atoms with Gasteiger partial charge in [0.1, 0.15) is 0 Å². The molecule has 0 unspecified atom stereocenters. The summed E-state index contributed by atoms with van der Waals surface area (Å²) in [6, 6.07) is 25.6. The number of nitrogens with one attached hydrogen (secondary N) is 1. The zero-order valence-corrected chi connectivity index (χ0v) is 14.1. The van der Waals surface area contributed by atoms with E-state index in [2.05, 4.69) is 84.7 Å². The van der Waals surface area contributed by atoms with Gasteiger partial charge in [-0.2, -0.15) is 0 Å². The number of hydrogen-bond donors (Lipinski definition) is 1. The molecular weight excluding hydrogens is 304 g/mol. The van der Waals surface area contributed by atoms with Gasteiger partial charge in [-0.25, -0.2) is 4.99 Å². The minimum absolute atomic E-state index is 0.897. The summed E-state index contributed by atoms with van der Waals surface area (Å²) >= 11 is 0. The molecule has 0 radical (unpaired) electrons. The van der Waals surface area contributed by atoms with E-state index in [0.717, 1.165) is 29.1 Å². The Morgan fingerprint density at radius 2 is 1.72 bits per heavy atom. The Morgan fingerprint density at radius 1 is 0.880 bits per heavy atom. The summed E-state index contributed by atoms with van der Waals surface area (Å²) in [5.74, 6) is 0. The molecular formula is C23H18N2. The Kier molecular flexibility index (Phi) is 3.10. The number of benzene rings is 3. The first-order valence-corrected chi connectivity index (χ1v) is 8.63. The average molecular weight is 322 g/mol. The highest BCUT2D eigenvalue weighted by atomic mass is 14.8. The van der Waals surface area contributed by atoms with E-state index in [4.69, 9.17) is 4.99 Å². The van der Waals surface area contributed by atoms with Gasteiger partial charge in [0.2, 0.25) is 0 Å². The molecule has 0 spiro atoms. The molecule has 120 valence electrons. The number of aromatic nitrogens is 1. The number of aryl methyl sites for hydroxylation is 1. The fraction of sp³-hybridized carbons (Fsp3) is 0.0870. The van der Waals surface area contributed by atoms with Crippen LogP contribution in [0.15, 0.2) is 77.8 Å². The Hall–Kier alpha value is -3.13. The number of aromatic amines is 1. The quantitative estimate of drug-likeness (QED) is 0.419. The fourth-order valence-electron chi connectivity index (χ4n) is 3.72. The van der Waals surface area contributed by atoms with Crippen molar-refractivity contribution < 1.29 is 0 Å². The van der Waals surface area contributed by atoms with E-state index in [1.54, 1.807) is 0 Å². The zero-order valence-electron chi connectivity index (χ0n) is 14.1. The number of H-pyrrole nitrogens is 1. The largest absolute Gasteiger partial charge is 0.353 e. The predicted molar refractivity (Wildman–Crippen MR) is 104 cm³/mol. The van der Waals surface area contributed by atoms with E-state index in [9.17, 15) is 0 Å². The standard InChI is InChI=1S/C23H18N2/c1-15-7-6-9-17(13-15)22-23-19(18-10-3-5-12-21(18)25-23)14-16-8-2-4-11-20(16)24-22/h2-13,25H,14H2,1H3. The van der Waals surface area contributed by atoms with Gasteiger partial charge in [-0.3, -0.25) is 0 Å². The highest BCUT2D eigenvalue weighted by molar-refractivity contribution is 6.16. The van der Waals surface area contributed by atoms with Crippen LogP contribution in [0.25, 0.3) is 10.9 Å². The van der Waals surface area contributed by atoms with Crippen LogP contribution >= 0.6 is 0 Å². The third-order valence-electron chi connectivity index (χ3n) is 4.93. The van der Waals surface area contributed by atoms with Gasteiger partial charge in [0, 0.05) is 22.9 Å². The van der Waals surface area contributed by atoms with Crippen molar-refractivity contribution in [3.05, 3.63) is 101 Å².